The van der Waals surface area contributed by atoms with E-state index in [4.69, 9.17) is 23.2 Å². The largest absolute Gasteiger partial charge is 0.0843 e. The van der Waals surface area contributed by atoms with Crippen molar-refractivity contribution in [2.75, 3.05) is 0 Å². The molecule has 0 unspecified atom stereocenters. The van der Waals surface area contributed by atoms with Gasteiger partial charge in [0.05, 0.1) is 0 Å². The molecular weight excluding hydrogens is 431 g/mol. The number of hydrogen-bond acceptors (Lipinski definition) is 0. The molecule has 0 aromatic heterocycles. The maximum Gasteiger partial charge on any atom is 0.0406 e. The first-order valence-corrected chi connectivity index (χ1v) is 11.3. The summed E-state index contributed by atoms with van der Waals surface area (Å²) in [6, 6.07) is 41.7. The van der Waals surface area contributed by atoms with E-state index in [2.05, 4.69) is 84.9 Å². The van der Waals surface area contributed by atoms with Gasteiger partial charge in [0.2, 0.25) is 0 Å². The van der Waals surface area contributed by atoms with Gasteiger partial charge in [-0.3, -0.25) is 0 Å². The van der Waals surface area contributed by atoms with E-state index >= 15 is 0 Å². The Bertz CT molecular complexity index is 1230. The standard InChI is InChI=1S/C30H20Cl2/c31-25-15-11-23(12-16-25)29-20-28(22-9-5-2-6-10-22)30(24-13-17-26(32)18-14-24)19-27(29)21-7-3-1-4-8-21/h1-20H. The summed E-state index contributed by atoms with van der Waals surface area (Å²) >= 11 is 12.4. The van der Waals surface area contributed by atoms with Crippen molar-refractivity contribution in [3.8, 4) is 44.5 Å². The minimum absolute atomic E-state index is 0.732. The van der Waals surface area contributed by atoms with Gasteiger partial charge in [-0.05, 0) is 80.9 Å². The van der Waals surface area contributed by atoms with Gasteiger partial charge in [0.1, 0.15) is 0 Å². The number of hydrogen-bond donors (Lipinski definition) is 0. The molecule has 0 aliphatic carbocycles. The van der Waals surface area contributed by atoms with E-state index in [1.165, 1.54) is 33.4 Å². The lowest BCUT2D eigenvalue weighted by atomic mass is 9.86. The van der Waals surface area contributed by atoms with Crippen LogP contribution in [0.15, 0.2) is 121 Å². The lowest BCUT2D eigenvalue weighted by molar-refractivity contribution is 1.54. The van der Waals surface area contributed by atoms with Gasteiger partial charge in [-0.1, -0.05) is 108 Å². The first-order chi connectivity index (χ1) is 15.7. The van der Waals surface area contributed by atoms with Gasteiger partial charge in [0.15, 0.2) is 0 Å². The Kier molecular flexibility index (Phi) is 5.81. The fourth-order valence-electron chi connectivity index (χ4n) is 4.05. The molecular formula is C30H20Cl2. The molecule has 2 heteroatoms. The van der Waals surface area contributed by atoms with Crippen molar-refractivity contribution in [3.63, 3.8) is 0 Å². The summed E-state index contributed by atoms with van der Waals surface area (Å²) in [4.78, 5) is 0. The minimum atomic E-state index is 0.732. The molecule has 0 saturated carbocycles. The van der Waals surface area contributed by atoms with Gasteiger partial charge in [-0.25, -0.2) is 0 Å². The van der Waals surface area contributed by atoms with Crippen molar-refractivity contribution < 1.29 is 0 Å². The highest BCUT2D eigenvalue weighted by atomic mass is 35.5. The predicted octanol–water partition coefficient (Wildman–Crippen LogP) is 9.66. The van der Waals surface area contributed by atoms with Crippen LogP contribution >= 0.6 is 23.2 Å². The van der Waals surface area contributed by atoms with Crippen molar-refractivity contribution >= 4 is 23.2 Å². The Morgan fingerprint density at radius 2 is 0.594 bits per heavy atom. The highest BCUT2D eigenvalue weighted by Gasteiger charge is 2.16. The van der Waals surface area contributed by atoms with Gasteiger partial charge < -0.3 is 0 Å². The predicted molar refractivity (Wildman–Crippen MR) is 138 cm³/mol. The second-order valence-electron chi connectivity index (χ2n) is 7.69. The Hall–Kier alpha value is -3.32. The van der Waals surface area contributed by atoms with Crippen LogP contribution in [0.4, 0.5) is 0 Å². The third-order valence-corrected chi connectivity index (χ3v) is 6.14. The molecule has 0 aliphatic heterocycles. The Morgan fingerprint density at radius 3 is 0.906 bits per heavy atom. The average Bonchev–Trinajstić information content (AvgIpc) is 2.85. The Morgan fingerprint density at radius 1 is 0.312 bits per heavy atom. The van der Waals surface area contributed by atoms with Crippen molar-refractivity contribution in [2.45, 2.75) is 0 Å². The molecule has 0 saturated heterocycles. The lowest BCUT2D eigenvalue weighted by Gasteiger charge is -2.18. The van der Waals surface area contributed by atoms with Crippen LogP contribution in [0.1, 0.15) is 0 Å². The highest BCUT2D eigenvalue weighted by Crippen LogP contribution is 2.42. The maximum absolute atomic E-state index is 6.19. The molecule has 0 nitrogen and oxygen atoms in total. The van der Waals surface area contributed by atoms with Gasteiger partial charge in [-0.15, -0.1) is 0 Å². The van der Waals surface area contributed by atoms with E-state index in [1.54, 1.807) is 0 Å². The Balaban J connectivity index is 1.83. The summed E-state index contributed by atoms with van der Waals surface area (Å²) in [5.41, 5.74) is 9.31. The zero-order valence-electron chi connectivity index (χ0n) is 17.3. The summed E-state index contributed by atoms with van der Waals surface area (Å²) in [6.45, 7) is 0. The molecule has 0 radical (unpaired) electrons. The van der Waals surface area contributed by atoms with Crippen molar-refractivity contribution in [2.24, 2.45) is 0 Å². The molecule has 0 fully saturated rings. The molecule has 0 aliphatic rings. The van der Waals surface area contributed by atoms with Crippen molar-refractivity contribution in [1.29, 1.82) is 0 Å². The lowest BCUT2D eigenvalue weighted by Crippen LogP contribution is -1.92. The van der Waals surface area contributed by atoms with Crippen molar-refractivity contribution in [3.05, 3.63) is 131 Å². The van der Waals surface area contributed by atoms with Gasteiger partial charge in [0.25, 0.3) is 0 Å². The summed E-state index contributed by atoms with van der Waals surface area (Å²) in [5, 5.41) is 1.46. The molecule has 0 N–H and O–H groups in total. The second kappa shape index (κ2) is 9.04. The van der Waals surface area contributed by atoms with E-state index in [0.29, 0.717) is 0 Å². The monoisotopic (exact) mass is 450 g/mol. The van der Waals surface area contributed by atoms with E-state index in [0.717, 1.165) is 21.2 Å². The summed E-state index contributed by atoms with van der Waals surface area (Å²) in [5.74, 6) is 0. The molecule has 5 aromatic carbocycles. The van der Waals surface area contributed by atoms with Crippen LogP contribution in [0.5, 0.6) is 0 Å². The fraction of sp³-hybridized carbons (Fsp3) is 0. The summed E-state index contributed by atoms with van der Waals surface area (Å²) < 4.78 is 0. The zero-order chi connectivity index (χ0) is 21.9. The van der Waals surface area contributed by atoms with E-state index < -0.39 is 0 Å². The number of benzene rings is 5. The third kappa shape index (κ3) is 4.21. The van der Waals surface area contributed by atoms with Crippen LogP contribution < -0.4 is 0 Å². The second-order valence-corrected chi connectivity index (χ2v) is 8.56. The number of rotatable bonds is 4. The Labute approximate surface area is 198 Å². The topological polar surface area (TPSA) is 0 Å². The van der Waals surface area contributed by atoms with Crippen LogP contribution in [0.2, 0.25) is 10.0 Å². The molecule has 32 heavy (non-hydrogen) atoms. The molecule has 0 amide bonds. The van der Waals surface area contributed by atoms with Gasteiger partial charge in [0, 0.05) is 10.0 Å². The fourth-order valence-corrected chi connectivity index (χ4v) is 4.30. The van der Waals surface area contributed by atoms with Crippen LogP contribution in [0.25, 0.3) is 44.5 Å². The minimum Gasteiger partial charge on any atom is -0.0843 e. The number of halogens is 2. The smallest absolute Gasteiger partial charge is 0.0406 e. The molecule has 0 atom stereocenters. The maximum atomic E-state index is 6.19. The molecule has 0 spiro atoms. The van der Waals surface area contributed by atoms with Crippen LogP contribution in [0.3, 0.4) is 0 Å². The SMILES string of the molecule is Clc1ccc(-c2cc(-c3ccccc3)c(-c3ccc(Cl)cc3)cc2-c2ccccc2)cc1. The third-order valence-electron chi connectivity index (χ3n) is 5.64. The quantitative estimate of drug-likeness (QED) is 0.255. The molecule has 0 heterocycles. The zero-order valence-corrected chi connectivity index (χ0v) is 18.8. The van der Waals surface area contributed by atoms with Crippen molar-refractivity contribution in [1.82, 2.24) is 0 Å². The first-order valence-electron chi connectivity index (χ1n) is 10.5. The van der Waals surface area contributed by atoms with Crippen LogP contribution in [0, 0.1) is 0 Å². The van der Waals surface area contributed by atoms with E-state index in [1.807, 2.05) is 36.4 Å². The highest BCUT2D eigenvalue weighted by molar-refractivity contribution is 6.31. The van der Waals surface area contributed by atoms with Crippen LogP contribution in [-0.4, -0.2) is 0 Å². The van der Waals surface area contributed by atoms with Crippen LogP contribution in [-0.2, 0) is 0 Å². The molecule has 5 aromatic rings. The average molecular weight is 451 g/mol. The summed E-state index contributed by atoms with van der Waals surface area (Å²) in [6.07, 6.45) is 0. The molecule has 0 bridgehead atoms. The summed E-state index contributed by atoms with van der Waals surface area (Å²) in [7, 11) is 0. The normalized spacial score (nSPS) is 10.8. The molecule has 5 rings (SSSR count). The van der Waals surface area contributed by atoms with Gasteiger partial charge >= 0.3 is 0 Å². The van der Waals surface area contributed by atoms with E-state index in [9.17, 15) is 0 Å². The van der Waals surface area contributed by atoms with E-state index in [-0.39, 0.29) is 0 Å². The van der Waals surface area contributed by atoms with Gasteiger partial charge in [-0.2, -0.15) is 0 Å². The molecule has 154 valence electrons. The first kappa shape index (κ1) is 20.6.